The normalized spacial score (nSPS) is 8.73. The van der Waals surface area contributed by atoms with Crippen molar-refractivity contribution in [1.82, 2.24) is 0 Å². The van der Waals surface area contributed by atoms with Crippen molar-refractivity contribution in [2.24, 2.45) is 0 Å². The predicted molar refractivity (Wildman–Crippen MR) is 56.9 cm³/mol. The maximum Gasteiger partial charge on any atom is 0.145 e. The standard InChI is InChI=1S/C9H12O2.C2H4O2/c1-10-7-8-3-5-9(11-2)6-4-8;3-1-2-4/h3-6H,7H2,1-2H3;1,4H,2H2. The molecule has 84 valence electrons. The van der Waals surface area contributed by atoms with E-state index in [0.717, 1.165) is 11.3 Å². The molecule has 0 aliphatic rings. The first-order valence-electron chi connectivity index (χ1n) is 4.44. The highest BCUT2D eigenvalue weighted by atomic mass is 16.5. The molecule has 4 nitrogen and oxygen atoms in total. The summed E-state index contributed by atoms with van der Waals surface area (Å²) >= 11 is 0. The summed E-state index contributed by atoms with van der Waals surface area (Å²) in [7, 11) is 3.34. The number of hydrogen-bond donors (Lipinski definition) is 1. The highest BCUT2D eigenvalue weighted by molar-refractivity contribution is 5.49. The van der Waals surface area contributed by atoms with Crippen LogP contribution in [0.4, 0.5) is 0 Å². The Kier molecular flexibility index (Phi) is 8.33. The first kappa shape index (κ1) is 13.6. The van der Waals surface area contributed by atoms with E-state index in [1.807, 2.05) is 24.3 Å². The number of ether oxygens (including phenoxy) is 2. The molecular formula is C11H16O4. The number of aldehydes is 1. The van der Waals surface area contributed by atoms with Crippen LogP contribution in [0.5, 0.6) is 5.75 Å². The Labute approximate surface area is 89.4 Å². The molecule has 0 aliphatic carbocycles. The van der Waals surface area contributed by atoms with E-state index in [1.54, 1.807) is 14.2 Å². The fourth-order valence-corrected chi connectivity index (χ4v) is 0.888. The highest BCUT2D eigenvalue weighted by Gasteiger charge is 1.91. The molecule has 0 unspecified atom stereocenters. The summed E-state index contributed by atoms with van der Waals surface area (Å²) in [4.78, 5) is 8.92. The lowest BCUT2D eigenvalue weighted by atomic mass is 10.2. The zero-order valence-electron chi connectivity index (χ0n) is 8.97. The summed E-state index contributed by atoms with van der Waals surface area (Å²) in [6, 6.07) is 7.83. The average molecular weight is 212 g/mol. The molecule has 0 atom stereocenters. The smallest absolute Gasteiger partial charge is 0.145 e. The van der Waals surface area contributed by atoms with E-state index in [2.05, 4.69) is 0 Å². The summed E-state index contributed by atoms with van der Waals surface area (Å²) in [5, 5.41) is 7.51. The number of rotatable bonds is 4. The van der Waals surface area contributed by atoms with Gasteiger partial charge < -0.3 is 19.4 Å². The largest absolute Gasteiger partial charge is 0.497 e. The fourth-order valence-electron chi connectivity index (χ4n) is 0.888. The summed E-state index contributed by atoms with van der Waals surface area (Å²) in [5.41, 5.74) is 1.16. The van der Waals surface area contributed by atoms with Gasteiger partial charge in [0.05, 0.1) is 20.3 Å². The Morgan fingerprint density at radius 1 is 1.27 bits per heavy atom. The Morgan fingerprint density at radius 3 is 2.13 bits per heavy atom. The van der Waals surface area contributed by atoms with Gasteiger partial charge in [0.25, 0.3) is 0 Å². The quantitative estimate of drug-likeness (QED) is 0.757. The maximum atomic E-state index is 8.92. The average Bonchev–Trinajstić information content (AvgIpc) is 2.31. The zero-order valence-corrected chi connectivity index (χ0v) is 8.97. The van der Waals surface area contributed by atoms with Crippen LogP contribution in [0.1, 0.15) is 5.56 Å². The molecule has 1 N–H and O–H groups in total. The third kappa shape index (κ3) is 6.65. The number of carbonyl (C=O) groups excluding carboxylic acids is 1. The van der Waals surface area contributed by atoms with Gasteiger partial charge in [0.15, 0.2) is 0 Å². The van der Waals surface area contributed by atoms with Gasteiger partial charge >= 0.3 is 0 Å². The molecule has 0 saturated heterocycles. The molecule has 0 amide bonds. The van der Waals surface area contributed by atoms with E-state index in [4.69, 9.17) is 19.4 Å². The van der Waals surface area contributed by atoms with Crippen LogP contribution in [-0.2, 0) is 16.1 Å². The fraction of sp³-hybridized carbons (Fsp3) is 0.364. The molecule has 0 fully saturated rings. The van der Waals surface area contributed by atoms with Gasteiger partial charge in [-0.15, -0.1) is 0 Å². The predicted octanol–water partition coefficient (Wildman–Crippen LogP) is 1.02. The van der Waals surface area contributed by atoms with Crippen LogP contribution in [0.25, 0.3) is 0 Å². The second kappa shape index (κ2) is 9.18. The molecular weight excluding hydrogens is 196 g/mol. The molecule has 1 aromatic carbocycles. The van der Waals surface area contributed by atoms with Gasteiger partial charge in [-0.2, -0.15) is 0 Å². The van der Waals surface area contributed by atoms with E-state index in [1.165, 1.54) is 0 Å². The topological polar surface area (TPSA) is 55.8 Å². The van der Waals surface area contributed by atoms with Crippen molar-refractivity contribution in [3.8, 4) is 5.75 Å². The SMILES string of the molecule is COCc1ccc(OC)cc1.O=CCO. The van der Waals surface area contributed by atoms with Gasteiger partial charge in [-0.05, 0) is 17.7 Å². The van der Waals surface area contributed by atoms with Crippen LogP contribution in [-0.4, -0.2) is 32.2 Å². The van der Waals surface area contributed by atoms with Crippen molar-refractivity contribution in [1.29, 1.82) is 0 Å². The molecule has 0 bridgehead atoms. The number of methoxy groups -OCH3 is 2. The summed E-state index contributed by atoms with van der Waals surface area (Å²) in [6.07, 6.45) is 0.431. The summed E-state index contributed by atoms with van der Waals surface area (Å²) in [6.45, 7) is 0.296. The number of carbonyl (C=O) groups is 1. The van der Waals surface area contributed by atoms with Gasteiger partial charge in [0, 0.05) is 7.11 Å². The Balaban J connectivity index is 0.000000423. The summed E-state index contributed by atoms with van der Waals surface area (Å²) in [5.74, 6) is 0.879. The maximum absolute atomic E-state index is 8.92. The van der Waals surface area contributed by atoms with Crippen molar-refractivity contribution in [2.75, 3.05) is 20.8 Å². The monoisotopic (exact) mass is 212 g/mol. The third-order valence-electron chi connectivity index (χ3n) is 1.54. The highest BCUT2D eigenvalue weighted by Crippen LogP contribution is 2.11. The number of benzene rings is 1. The van der Waals surface area contributed by atoms with Gasteiger partial charge in [0.1, 0.15) is 12.0 Å². The molecule has 0 heterocycles. The minimum atomic E-state index is -0.361. The van der Waals surface area contributed by atoms with Crippen molar-refractivity contribution in [2.45, 2.75) is 6.61 Å². The zero-order chi connectivity index (χ0) is 11.5. The molecule has 0 spiro atoms. The van der Waals surface area contributed by atoms with Crippen LogP contribution in [0.2, 0.25) is 0 Å². The molecule has 0 saturated carbocycles. The molecule has 0 radical (unpaired) electrons. The second-order valence-corrected chi connectivity index (χ2v) is 2.63. The second-order valence-electron chi connectivity index (χ2n) is 2.63. The van der Waals surface area contributed by atoms with Gasteiger partial charge in [-0.3, -0.25) is 0 Å². The first-order valence-corrected chi connectivity index (χ1v) is 4.44. The molecule has 0 aromatic heterocycles. The van der Waals surface area contributed by atoms with E-state index in [-0.39, 0.29) is 6.61 Å². The molecule has 1 rings (SSSR count). The minimum Gasteiger partial charge on any atom is -0.497 e. The Hall–Kier alpha value is -1.39. The van der Waals surface area contributed by atoms with E-state index < -0.39 is 0 Å². The number of aliphatic hydroxyl groups excluding tert-OH is 1. The van der Waals surface area contributed by atoms with Gasteiger partial charge in [-0.25, -0.2) is 0 Å². The molecule has 4 heteroatoms. The van der Waals surface area contributed by atoms with Crippen molar-refractivity contribution < 1.29 is 19.4 Å². The molecule has 15 heavy (non-hydrogen) atoms. The lowest BCUT2D eigenvalue weighted by molar-refractivity contribution is -0.110. The van der Waals surface area contributed by atoms with E-state index in [9.17, 15) is 0 Å². The molecule has 0 aliphatic heterocycles. The minimum absolute atomic E-state index is 0.361. The van der Waals surface area contributed by atoms with Crippen molar-refractivity contribution >= 4 is 6.29 Å². The van der Waals surface area contributed by atoms with E-state index >= 15 is 0 Å². The third-order valence-corrected chi connectivity index (χ3v) is 1.54. The van der Waals surface area contributed by atoms with E-state index in [0.29, 0.717) is 12.9 Å². The van der Waals surface area contributed by atoms with Crippen LogP contribution >= 0.6 is 0 Å². The van der Waals surface area contributed by atoms with Gasteiger partial charge in [-0.1, -0.05) is 12.1 Å². The van der Waals surface area contributed by atoms with Crippen molar-refractivity contribution in [3.05, 3.63) is 29.8 Å². The number of aliphatic hydroxyl groups is 1. The van der Waals surface area contributed by atoms with Gasteiger partial charge in [0.2, 0.25) is 0 Å². The Morgan fingerprint density at radius 2 is 1.80 bits per heavy atom. The summed E-state index contributed by atoms with van der Waals surface area (Å²) < 4.78 is 9.97. The Bertz CT molecular complexity index is 256. The number of hydrogen-bond acceptors (Lipinski definition) is 4. The van der Waals surface area contributed by atoms with Crippen molar-refractivity contribution in [3.63, 3.8) is 0 Å². The van der Waals surface area contributed by atoms with Crippen LogP contribution < -0.4 is 4.74 Å². The lowest BCUT2D eigenvalue weighted by Crippen LogP contribution is -1.87. The lowest BCUT2D eigenvalue weighted by Gasteiger charge is -2.01. The first-order chi connectivity index (χ1) is 7.28. The van der Waals surface area contributed by atoms with Crippen LogP contribution in [0, 0.1) is 0 Å². The van der Waals surface area contributed by atoms with Crippen LogP contribution in [0.3, 0.4) is 0 Å². The molecule has 1 aromatic rings. The van der Waals surface area contributed by atoms with Crippen LogP contribution in [0.15, 0.2) is 24.3 Å².